The summed E-state index contributed by atoms with van der Waals surface area (Å²) in [5.41, 5.74) is 2.98. The molecule has 1 saturated heterocycles. The summed E-state index contributed by atoms with van der Waals surface area (Å²) in [6.45, 7) is 6.26. The van der Waals surface area contributed by atoms with E-state index < -0.39 is 0 Å². The number of morpholine rings is 1. The largest absolute Gasteiger partial charge is 0.482 e. The molecule has 7 heteroatoms. The summed E-state index contributed by atoms with van der Waals surface area (Å²) in [5.74, 6) is 0.470. The van der Waals surface area contributed by atoms with Gasteiger partial charge in [0.15, 0.2) is 6.61 Å². The van der Waals surface area contributed by atoms with Gasteiger partial charge in [-0.2, -0.15) is 0 Å². The van der Waals surface area contributed by atoms with Crippen LogP contribution in [-0.4, -0.2) is 62.7 Å². The zero-order chi connectivity index (χ0) is 21.6. The first-order valence-corrected chi connectivity index (χ1v) is 10.8. The van der Waals surface area contributed by atoms with E-state index in [4.69, 9.17) is 9.47 Å². The third-order valence-electron chi connectivity index (χ3n) is 5.73. The first-order chi connectivity index (χ1) is 15.1. The Morgan fingerprint density at radius 1 is 1.10 bits per heavy atom. The van der Waals surface area contributed by atoms with Gasteiger partial charge in [0.1, 0.15) is 5.75 Å². The predicted octanol–water partition coefficient (Wildman–Crippen LogP) is 2.30. The highest BCUT2D eigenvalue weighted by atomic mass is 16.5. The van der Waals surface area contributed by atoms with Gasteiger partial charge in [0.25, 0.3) is 5.91 Å². The van der Waals surface area contributed by atoms with Crippen molar-refractivity contribution in [2.45, 2.75) is 19.4 Å². The molecule has 2 aliphatic rings. The lowest BCUT2D eigenvalue weighted by Gasteiger charge is -2.32. The maximum Gasteiger partial charge on any atom is 0.265 e. The van der Waals surface area contributed by atoms with E-state index >= 15 is 0 Å². The van der Waals surface area contributed by atoms with Crippen LogP contribution in [0.3, 0.4) is 0 Å². The Bertz CT molecular complexity index is 909. The van der Waals surface area contributed by atoms with Crippen molar-refractivity contribution < 1.29 is 19.1 Å². The van der Waals surface area contributed by atoms with Crippen LogP contribution >= 0.6 is 0 Å². The predicted molar refractivity (Wildman–Crippen MR) is 118 cm³/mol. The zero-order valence-corrected chi connectivity index (χ0v) is 17.9. The first kappa shape index (κ1) is 21.3. The van der Waals surface area contributed by atoms with E-state index in [2.05, 4.69) is 41.4 Å². The average Bonchev–Trinajstić information content (AvgIpc) is 2.79. The van der Waals surface area contributed by atoms with E-state index in [1.807, 2.05) is 24.3 Å². The van der Waals surface area contributed by atoms with Gasteiger partial charge in [0.2, 0.25) is 5.91 Å². The van der Waals surface area contributed by atoms with Gasteiger partial charge in [-0.1, -0.05) is 42.0 Å². The molecule has 1 fully saturated rings. The van der Waals surface area contributed by atoms with Crippen LogP contribution in [-0.2, 0) is 14.3 Å². The van der Waals surface area contributed by atoms with Crippen LogP contribution in [0.1, 0.15) is 23.6 Å². The summed E-state index contributed by atoms with van der Waals surface area (Å²) >= 11 is 0. The smallest absolute Gasteiger partial charge is 0.265 e. The number of nitrogens with one attached hydrogen (secondary N) is 1. The van der Waals surface area contributed by atoms with Crippen molar-refractivity contribution >= 4 is 17.5 Å². The van der Waals surface area contributed by atoms with Crippen molar-refractivity contribution in [1.82, 2.24) is 10.2 Å². The summed E-state index contributed by atoms with van der Waals surface area (Å²) in [4.78, 5) is 29.2. The van der Waals surface area contributed by atoms with E-state index in [-0.39, 0.29) is 30.9 Å². The maximum atomic E-state index is 12.9. The van der Waals surface area contributed by atoms with Crippen molar-refractivity contribution in [3.05, 3.63) is 59.7 Å². The number of amides is 2. The molecule has 31 heavy (non-hydrogen) atoms. The Labute approximate surface area is 182 Å². The molecule has 1 atom stereocenters. The van der Waals surface area contributed by atoms with Crippen LogP contribution in [0.4, 0.5) is 5.69 Å². The highest BCUT2D eigenvalue weighted by Crippen LogP contribution is 2.31. The van der Waals surface area contributed by atoms with Crippen LogP contribution in [0.5, 0.6) is 5.75 Å². The Balaban J connectivity index is 1.41. The molecular formula is C24H29N3O4. The van der Waals surface area contributed by atoms with E-state index in [0.29, 0.717) is 25.5 Å². The van der Waals surface area contributed by atoms with Crippen molar-refractivity contribution in [3.63, 3.8) is 0 Å². The first-order valence-electron chi connectivity index (χ1n) is 10.8. The number of para-hydroxylation sites is 2. The number of carbonyl (C=O) groups excluding carboxylic acids is 2. The van der Waals surface area contributed by atoms with Crippen molar-refractivity contribution in [2.24, 2.45) is 0 Å². The highest BCUT2D eigenvalue weighted by Gasteiger charge is 2.26. The quantitative estimate of drug-likeness (QED) is 0.740. The number of ether oxygens (including phenoxy) is 2. The van der Waals surface area contributed by atoms with Crippen LogP contribution in [0.15, 0.2) is 48.5 Å². The van der Waals surface area contributed by atoms with Crippen molar-refractivity contribution in [2.75, 3.05) is 50.9 Å². The summed E-state index contributed by atoms with van der Waals surface area (Å²) in [7, 11) is 0. The SMILES string of the molecule is Cc1ccc([C@@H](CN2CCOCC2)NC(=O)CCN2C(=O)COc3ccccc32)cc1. The molecule has 0 saturated carbocycles. The van der Waals surface area contributed by atoms with Gasteiger partial charge in [-0.15, -0.1) is 0 Å². The van der Waals surface area contributed by atoms with E-state index in [1.165, 1.54) is 5.56 Å². The summed E-state index contributed by atoms with van der Waals surface area (Å²) in [6, 6.07) is 15.6. The number of hydrogen-bond donors (Lipinski definition) is 1. The van der Waals surface area contributed by atoms with E-state index in [9.17, 15) is 9.59 Å². The molecule has 164 valence electrons. The minimum atomic E-state index is -0.130. The Morgan fingerprint density at radius 2 is 1.84 bits per heavy atom. The third-order valence-corrected chi connectivity index (χ3v) is 5.73. The Morgan fingerprint density at radius 3 is 2.61 bits per heavy atom. The molecule has 0 spiro atoms. The van der Waals surface area contributed by atoms with E-state index in [0.717, 1.165) is 30.9 Å². The molecule has 2 amide bonds. The molecule has 0 radical (unpaired) electrons. The molecule has 2 heterocycles. The molecule has 2 aliphatic heterocycles. The monoisotopic (exact) mass is 423 g/mol. The van der Waals surface area contributed by atoms with Gasteiger partial charge >= 0.3 is 0 Å². The lowest BCUT2D eigenvalue weighted by Crippen LogP contribution is -2.44. The average molecular weight is 424 g/mol. The van der Waals surface area contributed by atoms with Gasteiger partial charge in [-0.05, 0) is 24.6 Å². The second kappa shape index (κ2) is 9.94. The normalized spacial score (nSPS) is 17.6. The molecule has 0 aliphatic carbocycles. The Hall–Kier alpha value is -2.90. The zero-order valence-electron chi connectivity index (χ0n) is 17.9. The number of hydrogen-bond acceptors (Lipinski definition) is 5. The van der Waals surface area contributed by atoms with Gasteiger partial charge in [0, 0.05) is 32.6 Å². The lowest BCUT2D eigenvalue weighted by molar-refractivity contribution is -0.122. The maximum absolute atomic E-state index is 12.9. The standard InChI is InChI=1S/C24H29N3O4/c1-18-6-8-19(9-7-18)20(16-26-12-14-30-15-13-26)25-23(28)10-11-27-21-4-2-3-5-22(21)31-17-24(27)29/h2-9,20H,10-17H2,1H3,(H,25,28)/t20-/m1/s1. The van der Waals surface area contributed by atoms with Gasteiger partial charge in [0.05, 0.1) is 24.9 Å². The number of benzene rings is 2. The molecule has 2 aromatic carbocycles. The van der Waals surface area contributed by atoms with Crippen LogP contribution in [0, 0.1) is 6.92 Å². The summed E-state index contributed by atoms with van der Waals surface area (Å²) in [6.07, 6.45) is 0.228. The molecule has 0 bridgehead atoms. The van der Waals surface area contributed by atoms with Crippen LogP contribution < -0.4 is 15.0 Å². The molecule has 0 unspecified atom stereocenters. The molecule has 2 aromatic rings. The third kappa shape index (κ3) is 5.42. The van der Waals surface area contributed by atoms with Crippen LogP contribution in [0.25, 0.3) is 0 Å². The molecule has 7 nitrogen and oxygen atoms in total. The van der Waals surface area contributed by atoms with Crippen molar-refractivity contribution in [3.8, 4) is 5.75 Å². The minimum absolute atomic E-state index is 0.00164. The highest BCUT2D eigenvalue weighted by molar-refractivity contribution is 5.98. The van der Waals surface area contributed by atoms with Crippen molar-refractivity contribution in [1.29, 1.82) is 0 Å². The topological polar surface area (TPSA) is 71.1 Å². The van der Waals surface area contributed by atoms with Gasteiger partial charge < -0.3 is 19.7 Å². The fraction of sp³-hybridized carbons (Fsp3) is 0.417. The number of rotatable bonds is 7. The number of nitrogens with zero attached hydrogens (tertiary/aromatic N) is 2. The van der Waals surface area contributed by atoms with Crippen LogP contribution in [0.2, 0.25) is 0 Å². The number of carbonyl (C=O) groups is 2. The van der Waals surface area contributed by atoms with Gasteiger partial charge in [-0.25, -0.2) is 0 Å². The number of anilines is 1. The second-order valence-corrected chi connectivity index (χ2v) is 8.00. The van der Waals surface area contributed by atoms with Gasteiger partial charge in [-0.3, -0.25) is 14.5 Å². The molecule has 1 N–H and O–H groups in total. The molecule has 4 rings (SSSR count). The fourth-order valence-electron chi connectivity index (χ4n) is 3.95. The summed E-state index contributed by atoms with van der Waals surface area (Å²) < 4.78 is 10.9. The summed E-state index contributed by atoms with van der Waals surface area (Å²) in [5, 5.41) is 3.19. The Kier molecular flexibility index (Phi) is 6.84. The van der Waals surface area contributed by atoms with E-state index in [1.54, 1.807) is 4.90 Å². The lowest BCUT2D eigenvalue weighted by atomic mass is 10.0. The molecular weight excluding hydrogens is 394 g/mol. The molecule has 0 aromatic heterocycles. The number of aryl methyl sites for hydroxylation is 1. The minimum Gasteiger partial charge on any atom is -0.482 e. The fourth-order valence-corrected chi connectivity index (χ4v) is 3.95. The number of fused-ring (bicyclic) bond motifs is 1. The second-order valence-electron chi connectivity index (χ2n) is 8.00.